The van der Waals surface area contributed by atoms with E-state index in [2.05, 4.69) is 5.32 Å². The molecule has 0 amide bonds. The van der Waals surface area contributed by atoms with Gasteiger partial charge in [0.1, 0.15) is 5.75 Å². The molecule has 0 aliphatic rings. The first-order valence-electron chi connectivity index (χ1n) is 7.78. The lowest BCUT2D eigenvalue weighted by atomic mass is 9.94. The number of ether oxygens (including phenoxy) is 2. The number of carbonyl (C=O) groups is 1. The Bertz CT molecular complexity index is 610. The summed E-state index contributed by atoms with van der Waals surface area (Å²) in [7, 11) is 1.64. The van der Waals surface area contributed by atoms with Crippen molar-refractivity contribution in [1.82, 2.24) is 0 Å². The number of hydrogen-bond acceptors (Lipinski definition) is 4. The van der Waals surface area contributed by atoms with E-state index in [1.165, 1.54) is 0 Å². The summed E-state index contributed by atoms with van der Waals surface area (Å²) in [5.74, 6) is 0.284. The maximum atomic E-state index is 12.2. The van der Waals surface area contributed by atoms with Gasteiger partial charge in [-0.25, -0.2) is 0 Å². The molecule has 4 nitrogen and oxygen atoms in total. The van der Waals surface area contributed by atoms with Gasteiger partial charge in [0.05, 0.1) is 25.7 Å². The van der Waals surface area contributed by atoms with Gasteiger partial charge in [0.15, 0.2) is 0 Å². The first-order chi connectivity index (χ1) is 11.2. The van der Waals surface area contributed by atoms with Gasteiger partial charge in [-0.15, -0.1) is 0 Å². The monoisotopic (exact) mass is 313 g/mol. The molecule has 0 aliphatic carbocycles. The summed E-state index contributed by atoms with van der Waals surface area (Å²) in [6.45, 7) is 4.08. The first kappa shape index (κ1) is 16.9. The largest absolute Gasteiger partial charge is 0.497 e. The highest BCUT2D eigenvalue weighted by Gasteiger charge is 2.26. The van der Waals surface area contributed by atoms with Gasteiger partial charge < -0.3 is 14.8 Å². The molecule has 0 spiro atoms. The van der Waals surface area contributed by atoms with Crippen LogP contribution in [0.15, 0.2) is 54.6 Å². The Kier molecular flexibility index (Phi) is 6.03. The van der Waals surface area contributed by atoms with Crippen LogP contribution in [0, 0.1) is 5.92 Å². The van der Waals surface area contributed by atoms with Crippen LogP contribution in [-0.2, 0) is 9.53 Å². The van der Waals surface area contributed by atoms with Crippen LogP contribution in [-0.4, -0.2) is 19.7 Å². The van der Waals surface area contributed by atoms with E-state index in [9.17, 15) is 4.79 Å². The van der Waals surface area contributed by atoms with Crippen LogP contribution in [0.25, 0.3) is 0 Å². The maximum Gasteiger partial charge on any atom is 0.311 e. The number of rotatable bonds is 7. The number of nitrogens with one attached hydrogen (secondary N) is 1. The summed E-state index contributed by atoms with van der Waals surface area (Å²) in [6, 6.07) is 17.4. The molecule has 0 aliphatic heterocycles. The fourth-order valence-corrected chi connectivity index (χ4v) is 2.43. The molecule has 23 heavy (non-hydrogen) atoms. The SMILES string of the molecule is CCOC(=O)C(C)C(Nc1ccc(OC)cc1)c1ccccc1. The zero-order chi connectivity index (χ0) is 16.7. The van der Waals surface area contributed by atoms with E-state index in [-0.39, 0.29) is 17.9 Å². The molecule has 0 aromatic heterocycles. The van der Waals surface area contributed by atoms with Crippen molar-refractivity contribution in [3.05, 3.63) is 60.2 Å². The Hall–Kier alpha value is -2.49. The van der Waals surface area contributed by atoms with E-state index in [1.54, 1.807) is 7.11 Å². The van der Waals surface area contributed by atoms with Crippen molar-refractivity contribution >= 4 is 11.7 Å². The van der Waals surface area contributed by atoms with Gasteiger partial charge in [-0.05, 0) is 43.7 Å². The zero-order valence-electron chi connectivity index (χ0n) is 13.8. The van der Waals surface area contributed by atoms with E-state index in [1.807, 2.05) is 68.4 Å². The van der Waals surface area contributed by atoms with E-state index >= 15 is 0 Å². The van der Waals surface area contributed by atoms with Gasteiger partial charge in [0.2, 0.25) is 0 Å². The summed E-state index contributed by atoms with van der Waals surface area (Å²) in [6.07, 6.45) is 0. The molecule has 0 heterocycles. The summed E-state index contributed by atoms with van der Waals surface area (Å²) in [5, 5.41) is 3.43. The lowest BCUT2D eigenvalue weighted by Crippen LogP contribution is -2.27. The molecule has 0 radical (unpaired) electrons. The van der Waals surface area contributed by atoms with Gasteiger partial charge >= 0.3 is 5.97 Å². The van der Waals surface area contributed by atoms with Gasteiger partial charge in [0.25, 0.3) is 0 Å². The summed E-state index contributed by atoms with van der Waals surface area (Å²) < 4.78 is 10.4. The van der Waals surface area contributed by atoms with Crippen molar-refractivity contribution in [2.24, 2.45) is 5.92 Å². The number of hydrogen-bond donors (Lipinski definition) is 1. The molecule has 2 aromatic carbocycles. The van der Waals surface area contributed by atoms with Crippen molar-refractivity contribution in [3.63, 3.8) is 0 Å². The van der Waals surface area contributed by atoms with Crippen molar-refractivity contribution in [2.45, 2.75) is 19.9 Å². The Labute approximate surface area is 137 Å². The zero-order valence-corrected chi connectivity index (χ0v) is 13.8. The molecule has 2 rings (SSSR count). The minimum atomic E-state index is -0.306. The molecule has 2 aromatic rings. The Morgan fingerprint density at radius 2 is 1.74 bits per heavy atom. The van der Waals surface area contributed by atoms with Crippen LogP contribution < -0.4 is 10.1 Å². The van der Waals surface area contributed by atoms with E-state index < -0.39 is 0 Å². The normalized spacial score (nSPS) is 13.0. The van der Waals surface area contributed by atoms with Crippen LogP contribution in [0.2, 0.25) is 0 Å². The molecule has 122 valence electrons. The summed E-state index contributed by atoms with van der Waals surface area (Å²) in [5.41, 5.74) is 1.97. The first-order valence-corrected chi connectivity index (χ1v) is 7.78. The quantitative estimate of drug-likeness (QED) is 0.784. The Balaban J connectivity index is 2.24. The second-order valence-electron chi connectivity index (χ2n) is 5.30. The second-order valence-corrected chi connectivity index (χ2v) is 5.30. The molecule has 0 saturated heterocycles. The number of anilines is 1. The molecule has 2 atom stereocenters. The van der Waals surface area contributed by atoms with Gasteiger partial charge in [-0.2, -0.15) is 0 Å². The molecular formula is C19H23NO3. The fourth-order valence-electron chi connectivity index (χ4n) is 2.43. The molecule has 2 unspecified atom stereocenters. The number of esters is 1. The van der Waals surface area contributed by atoms with Crippen LogP contribution in [0.1, 0.15) is 25.5 Å². The highest BCUT2D eigenvalue weighted by Crippen LogP contribution is 2.28. The molecule has 0 saturated carbocycles. The average Bonchev–Trinajstić information content (AvgIpc) is 2.60. The van der Waals surface area contributed by atoms with Crippen molar-refractivity contribution in [2.75, 3.05) is 19.0 Å². The van der Waals surface area contributed by atoms with Crippen molar-refractivity contribution < 1.29 is 14.3 Å². The van der Waals surface area contributed by atoms with E-state index in [0.717, 1.165) is 17.0 Å². The predicted octanol–water partition coefficient (Wildman–Crippen LogP) is 4.05. The fraction of sp³-hybridized carbons (Fsp3) is 0.316. The maximum absolute atomic E-state index is 12.2. The van der Waals surface area contributed by atoms with Gasteiger partial charge in [-0.3, -0.25) is 4.79 Å². The third-order valence-corrected chi connectivity index (χ3v) is 3.73. The third kappa shape index (κ3) is 4.49. The van der Waals surface area contributed by atoms with Crippen LogP contribution >= 0.6 is 0 Å². The average molecular weight is 313 g/mol. The van der Waals surface area contributed by atoms with Crippen LogP contribution in [0.5, 0.6) is 5.75 Å². The molecule has 1 N–H and O–H groups in total. The lowest BCUT2D eigenvalue weighted by molar-refractivity contribution is -0.147. The summed E-state index contributed by atoms with van der Waals surface area (Å²) >= 11 is 0. The van der Waals surface area contributed by atoms with E-state index in [4.69, 9.17) is 9.47 Å². The molecule has 0 bridgehead atoms. The highest BCUT2D eigenvalue weighted by molar-refractivity contribution is 5.74. The number of carbonyl (C=O) groups excluding carboxylic acids is 1. The van der Waals surface area contributed by atoms with E-state index in [0.29, 0.717) is 6.61 Å². The van der Waals surface area contributed by atoms with Crippen molar-refractivity contribution in [3.8, 4) is 5.75 Å². The topological polar surface area (TPSA) is 47.6 Å². The second kappa shape index (κ2) is 8.22. The Morgan fingerprint density at radius 1 is 1.09 bits per heavy atom. The van der Waals surface area contributed by atoms with Crippen LogP contribution in [0.3, 0.4) is 0 Å². The summed E-state index contributed by atoms with van der Waals surface area (Å²) in [4.78, 5) is 12.2. The molecular weight excluding hydrogens is 290 g/mol. The van der Waals surface area contributed by atoms with Gasteiger partial charge in [-0.1, -0.05) is 30.3 Å². The predicted molar refractivity (Wildman–Crippen MR) is 91.6 cm³/mol. The molecule has 4 heteroatoms. The number of benzene rings is 2. The Morgan fingerprint density at radius 3 is 2.30 bits per heavy atom. The smallest absolute Gasteiger partial charge is 0.311 e. The minimum Gasteiger partial charge on any atom is -0.497 e. The lowest BCUT2D eigenvalue weighted by Gasteiger charge is -2.25. The van der Waals surface area contributed by atoms with Crippen LogP contribution in [0.4, 0.5) is 5.69 Å². The van der Waals surface area contributed by atoms with Crippen molar-refractivity contribution in [1.29, 1.82) is 0 Å². The number of methoxy groups -OCH3 is 1. The third-order valence-electron chi connectivity index (χ3n) is 3.73. The standard InChI is InChI=1S/C19H23NO3/c1-4-23-19(21)14(2)18(15-8-6-5-7-9-15)20-16-10-12-17(22-3)13-11-16/h5-14,18,20H,4H2,1-3H3. The highest BCUT2D eigenvalue weighted by atomic mass is 16.5. The van der Waals surface area contributed by atoms with Gasteiger partial charge in [0, 0.05) is 5.69 Å². The molecule has 0 fully saturated rings. The minimum absolute atomic E-state index is 0.163.